The molecule has 1 aliphatic heterocycles. The van der Waals surface area contributed by atoms with Crippen molar-refractivity contribution in [3.63, 3.8) is 0 Å². The van der Waals surface area contributed by atoms with E-state index in [1.165, 1.54) is 0 Å². The number of aliphatic hydroxyl groups is 1. The smallest absolute Gasteiger partial charge is 0.243 e. The molecular weight excluding hydrogens is 314 g/mol. The lowest BCUT2D eigenvalue weighted by Gasteiger charge is -2.33. The van der Waals surface area contributed by atoms with Crippen LogP contribution in [0.5, 0.6) is 0 Å². The summed E-state index contributed by atoms with van der Waals surface area (Å²) in [5, 5.41) is 12.7. The molecule has 0 atom stereocenters. The Morgan fingerprint density at radius 2 is 1.76 bits per heavy atom. The zero-order valence-electron chi connectivity index (χ0n) is 14.6. The first-order valence-electron chi connectivity index (χ1n) is 8.71. The number of piperidine rings is 1. The third kappa shape index (κ3) is 4.51. The van der Waals surface area contributed by atoms with E-state index in [2.05, 4.69) is 10.2 Å². The molecule has 0 aliphatic carbocycles. The molecule has 5 nitrogen and oxygen atoms in total. The van der Waals surface area contributed by atoms with Crippen LogP contribution >= 0.6 is 0 Å². The molecule has 1 aliphatic rings. The SMILES string of the molecule is CN(CC(=O)Nc1ccccc1N1CCC(O)CC1)c1ccccc1. The van der Waals surface area contributed by atoms with E-state index in [4.69, 9.17) is 0 Å². The predicted molar refractivity (Wildman–Crippen MR) is 102 cm³/mol. The number of anilines is 3. The number of rotatable bonds is 5. The molecule has 0 radical (unpaired) electrons. The summed E-state index contributed by atoms with van der Waals surface area (Å²) in [6.07, 6.45) is 1.32. The van der Waals surface area contributed by atoms with Gasteiger partial charge in [-0.3, -0.25) is 4.79 Å². The lowest BCUT2D eigenvalue weighted by atomic mass is 10.1. The van der Waals surface area contributed by atoms with Gasteiger partial charge in [0.25, 0.3) is 0 Å². The Balaban J connectivity index is 1.65. The first kappa shape index (κ1) is 17.3. The molecule has 1 saturated heterocycles. The van der Waals surface area contributed by atoms with Crippen molar-refractivity contribution in [3.8, 4) is 0 Å². The van der Waals surface area contributed by atoms with Crippen molar-refractivity contribution < 1.29 is 9.90 Å². The standard InChI is InChI=1S/C20H25N3O2/c1-22(16-7-3-2-4-8-16)15-20(25)21-18-9-5-6-10-19(18)23-13-11-17(24)12-14-23/h2-10,17,24H,11-15H2,1H3,(H,21,25). The molecular formula is C20H25N3O2. The number of nitrogens with one attached hydrogen (secondary N) is 1. The van der Waals surface area contributed by atoms with Gasteiger partial charge >= 0.3 is 0 Å². The van der Waals surface area contributed by atoms with E-state index in [1.54, 1.807) is 0 Å². The Hall–Kier alpha value is -2.53. The normalized spacial score (nSPS) is 15.0. The molecule has 1 amide bonds. The van der Waals surface area contributed by atoms with Crippen molar-refractivity contribution in [1.82, 2.24) is 0 Å². The van der Waals surface area contributed by atoms with Gasteiger partial charge in [0.15, 0.2) is 0 Å². The van der Waals surface area contributed by atoms with E-state index in [0.29, 0.717) is 0 Å². The summed E-state index contributed by atoms with van der Waals surface area (Å²) >= 11 is 0. The highest BCUT2D eigenvalue weighted by Crippen LogP contribution is 2.28. The highest BCUT2D eigenvalue weighted by Gasteiger charge is 2.20. The molecule has 2 aromatic carbocycles. The highest BCUT2D eigenvalue weighted by atomic mass is 16.3. The average molecular weight is 339 g/mol. The second-order valence-electron chi connectivity index (χ2n) is 6.48. The lowest BCUT2D eigenvalue weighted by Crippen LogP contribution is -2.36. The molecule has 0 saturated carbocycles. The fourth-order valence-corrected chi connectivity index (χ4v) is 3.14. The minimum Gasteiger partial charge on any atom is -0.393 e. The molecule has 0 unspecified atom stereocenters. The van der Waals surface area contributed by atoms with Crippen LogP contribution in [0.2, 0.25) is 0 Å². The van der Waals surface area contributed by atoms with Gasteiger partial charge in [-0.05, 0) is 37.1 Å². The van der Waals surface area contributed by atoms with Gasteiger partial charge in [-0.2, -0.15) is 0 Å². The fourth-order valence-electron chi connectivity index (χ4n) is 3.14. The Bertz CT molecular complexity index is 697. The quantitative estimate of drug-likeness (QED) is 0.879. The Morgan fingerprint density at radius 1 is 1.12 bits per heavy atom. The summed E-state index contributed by atoms with van der Waals surface area (Å²) in [6, 6.07) is 17.7. The number of carbonyl (C=O) groups excluding carboxylic acids is 1. The predicted octanol–water partition coefficient (Wildman–Crippen LogP) is 2.72. The summed E-state index contributed by atoms with van der Waals surface area (Å²) in [7, 11) is 1.91. The Labute approximate surface area is 148 Å². The summed E-state index contributed by atoms with van der Waals surface area (Å²) in [4.78, 5) is 16.6. The maximum absolute atomic E-state index is 12.5. The van der Waals surface area contributed by atoms with Crippen molar-refractivity contribution in [2.45, 2.75) is 18.9 Å². The van der Waals surface area contributed by atoms with Gasteiger partial charge < -0.3 is 20.2 Å². The van der Waals surface area contributed by atoms with E-state index in [-0.39, 0.29) is 18.6 Å². The fraction of sp³-hybridized carbons (Fsp3) is 0.350. The number of nitrogens with zero attached hydrogens (tertiary/aromatic N) is 2. The molecule has 5 heteroatoms. The zero-order valence-corrected chi connectivity index (χ0v) is 14.6. The van der Waals surface area contributed by atoms with Gasteiger partial charge in [0, 0.05) is 25.8 Å². The van der Waals surface area contributed by atoms with E-state index in [0.717, 1.165) is 43.0 Å². The largest absolute Gasteiger partial charge is 0.393 e. The molecule has 0 spiro atoms. The van der Waals surface area contributed by atoms with Crippen molar-refractivity contribution >= 4 is 23.0 Å². The van der Waals surface area contributed by atoms with Crippen molar-refractivity contribution in [1.29, 1.82) is 0 Å². The number of hydrogen-bond donors (Lipinski definition) is 2. The minimum atomic E-state index is -0.211. The molecule has 1 heterocycles. The number of amides is 1. The minimum absolute atomic E-state index is 0.0455. The average Bonchev–Trinajstić information content (AvgIpc) is 2.63. The van der Waals surface area contributed by atoms with Crippen LogP contribution in [0, 0.1) is 0 Å². The second kappa shape index (κ2) is 8.03. The van der Waals surface area contributed by atoms with Crippen LogP contribution in [-0.2, 0) is 4.79 Å². The molecule has 2 N–H and O–H groups in total. The molecule has 132 valence electrons. The van der Waals surface area contributed by atoms with Crippen LogP contribution in [0.4, 0.5) is 17.1 Å². The summed E-state index contributed by atoms with van der Waals surface area (Å²) in [6.45, 7) is 1.90. The van der Waals surface area contributed by atoms with Gasteiger partial charge in [0.2, 0.25) is 5.91 Å². The highest BCUT2D eigenvalue weighted by molar-refractivity contribution is 5.97. The Morgan fingerprint density at radius 3 is 2.48 bits per heavy atom. The van der Waals surface area contributed by atoms with Crippen LogP contribution in [0.25, 0.3) is 0 Å². The molecule has 1 fully saturated rings. The van der Waals surface area contributed by atoms with E-state index < -0.39 is 0 Å². The molecule has 0 bridgehead atoms. The van der Waals surface area contributed by atoms with Crippen LogP contribution in [0.3, 0.4) is 0 Å². The van der Waals surface area contributed by atoms with Crippen molar-refractivity contribution in [3.05, 3.63) is 54.6 Å². The molecule has 3 rings (SSSR count). The maximum Gasteiger partial charge on any atom is 0.243 e. The van der Waals surface area contributed by atoms with Gasteiger partial charge in [-0.1, -0.05) is 30.3 Å². The van der Waals surface area contributed by atoms with E-state index >= 15 is 0 Å². The number of carbonyl (C=O) groups is 1. The number of likely N-dealkylation sites (N-methyl/N-ethyl adjacent to an activating group) is 1. The second-order valence-corrected chi connectivity index (χ2v) is 6.48. The summed E-state index contributed by atoms with van der Waals surface area (Å²) in [5.41, 5.74) is 2.85. The van der Waals surface area contributed by atoms with E-state index in [9.17, 15) is 9.90 Å². The Kier molecular flexibility index (Phi) is 5.56. The maximum atomic E-state index is 12.5. The summed E-state index contributed by atoms with van der Waals surface area (Å²) < 4.78 is 0. The number of hydrogen-bond acceptors (Lipinski definition) is 4. The number of para-hydroxylation sites is 3. The van der Waals surface area contributed by atoms with Crippen molar-refractivity contribution in [2.75, 3.05) is 41.8 Å². The summed E-state index contributed by atoms with van der Waals surface area (Å²) in [5.74, 6) is -0.0455. The van der Waals surface area contributed by atoms with Gasteiger partial charge in [0.1, 0.15) is 0 Å². The topological polar surface area (TPSA) is 55.8 Å². The van der Waals surface area contributed by atoms with E-state index in [1.807, 2.05) is 66.5 Å². The molecule has 2 aromatic rings. The van der Waals surface area contributed by atoms with Gasteiger partial charge in [-0.25, -0.2) is 0 Å². The zero-order chi connectivity index (χ0) is 17.6. The van der Waals surface area contributed by atoms with Crippen LogP contribution in [-0.4, -0.2) is 43.8 Å². The number of benzene rings is 2. The molecule has 25 heavy (non-hydrogen) atoms. The monoisotopic (exact) mass is 339 g/mol. The van der Waals surface area contributed by atoms with Gasteiger partial charge in [0.05, 0.1) is 24.0 Å². The van der Waals surface area contributed by atoms with Crippen LogP contribution in [0.1, 0.15) is 12.8 Å². The van der Waals surface area contributed by atoms with Crippen molar-refractivity contribution in [2.24, 2.45) is 0 Å². The third-order valence-electron chi connectivity index (χ3n) is 4.56. The number of aliphatic hydroxyl groups excluding tert-OH is 1. The first-order chi connectivity index (χ1) is 12.1. The molecule has 0 aromatic heterocycles. The lowest BCUT2D eigenvalue weighted by molar-refractivity contribution is -0.114. The van der Waals surface area contributed by atoms with Crippen LogP contribution in [0.15, 0.2) is 54.6 Å². The third-order valence-corrected chi connectivity index (χ3v) is 4.56. The van der Waals surface area contributed by atoms with Gasteiger partial charge in [-0.15, -0.1) is 0 Å². The first-order valence-corrected chi connectivity index (χ1v) is 8.71. The van der Waals surface area contributed by atoms with Crippen LogP contribution < -0.4 is 15.1 Å².